The Morgan fingerprint density at radius 3 is 2.88 bits per heavy atom. The second kappa shape index (κ2) is 10.1. The topological polar surface area (TPSA) is 103 Å². The lowest BCUT2D eigenvalue weighted by Crippen LogP contribution is -2.27. The molecule has 0 unspecified atom stereocenters. The highest BCUT2D eigenvalue weighted by Crippen LogP contribution is 2.38. The molecule has 2 amide bonds. The van der Waals surface area contributed by atoms with E-state index in [1.807, 2.05) is 6.07 Å². The molecule has 0 aliphatic heterocycles. The first-order valence-corrected chi connectivity index (χ1v) is 11.7. The minimum absolute atomic E-state index is 0.0981. The number of nitrogens with zero attached hydrogens (tertiary/aromatic N) is 1. The standard InChI is InChI=1S/C23H27N3O5S/c1-30-14-6-12-24-21(28)20-15-7-2-5-10-18(15)32-22(20)25-19(27)11-13-26-16-8-3-4-9-17(16)31-23(26)29/h3-4,8-9H,2,5-7,10-14H2,1H3,(H,24,28)(H,25,27). The Labute approximate surface area is 189 Å². The number of rotatable bonds is 9. The SMILES string of the molecule is COCCCNC(=O)c1c(NC(=O)CCn2c(=O)oc3ccccc32)sc2c1CCCC2. The van der Waals surface area contributed by atoms with Crippen LogP contribution in [0.5, 0.6) is 0 Å². The highest BCUT2D eigenvalue weighted by Gasteiger charge is 2.26. The van der Waals surface area contributed by atoms with E-state index in [9.17, 15) is 14.4 Å². The molecule has 170 valence electrons. The number of ether oxygens (including phenoxy) is 1. The van der Waals surface area contributed by atoms with Crippen molar-refractivity contribution in [2.24, 2.45) is 0 Å². The normalized spacial score (nSPS) is 13.2. The number of benzene rings is 1. The number of para-hydroxylation sites is 2. The highest BCUT2D eigenvalue weighted by molar-refractivity contribution is 7.17. The number of thiophene rings is 1. The zero-order valence-electron chi connectivity index (χ0n) is 18.1. The molecule has 2 N–H and O–H groups in total. The minimum Gasteiger partial charge on any atom is -0.408 e. The molecule has 0 bridgehead atoms. The van der Waals surface area contributed by atoms with E-state index in [2.05, 4.69) is 10.6 Å². The highest BCUT2D eigenvalue weighted by atomic mass is 32.1. The van der Waals surface area contributed by atoms with Crippen molar-refractivity contribution >= 4 is 39.3 Å². The lowest BCUT2D eigenvalue weighted by atomic mass is 9.95. The van der Waals surface area contributed by atoms with Gasteiger partial charge in [-0.15, -0.1) is 11.3 Å². The number of carbonyl (C=O) groups is 2. The first kappa shape index (κ1) is 22.3. The number of hydrogen-bond donors (Lipinski definition) is 2. The van der Waals surface area contributed by atoms with Gasteiger partial charge < -0.3 is 19.8 Å². The van der Waals surface area contributed by atoms with E-state index in [1.165, 1.54) is 20.8 Å². The van der Waals surface area contributed by atoms with Crippen LogP contribution in [0.15, 0.2) is 33.5 Å². The zero-order valence-corrected chi connectivity index (χ0v) is 18.9. The van der Waals surface area contributed by atoms with E-state index in [1.54, 1.807) is 25.3 Å². The van der Waals surface area contributed by atoms with Crippen LogP contribution in [0.2, 0.25) is 0 Å². The van der Waals surface area contributed by atoms with E-state index in [0.29, 0.717) is 34.8 Å². The van der Waals surface area contributed by atoms with Crippen LogP contribution in [0.25, 0.3) is 11.1 Å². The van der Waals surface area contributed by atoms with Crippen molar-refractivity contribution in [3.63, 3.8) is 0 Å². The van der Waals surface area contributed by atoms with Gasteiger partial charge in [0.05, 0.1) is 11.1 Å². The van der Waals surface area contributed by atoms with Crippen molar-refractivity contribution < 1.29 is 18.7 Å². The number of aryl methyl sites for hydroxylation is 2. The van der Waals surface area contributed by atoms with Crippen molar-refractivity contribution in [3.8, 4) is 0 Å². The van der Waals surface area contributed by atoms with Gasteiger partial charge in [-0.25, -0.2) is 4.79 Å². The predicted molar refractivity (Wildman–Crippen MR) is 124 cm³/mol. The third-order valence-electron chi connectivity index (χ3n) is 5.60. The van der Waals surface area contributed by atoms with Crippen LogP contribution in [0.1, 0.15) is 46.5 Å². The minimum atomic E-state index is -0.485. The van der Waals surface area contributed by atoms with Gasteiger partial charge in [-0.1, -0.05) is 12.1 Å². The Kier molecular flexibility index (Phi) is 7.06. The van der Waals surface area contributed by atoms with Gasteiger partial charge >= 0.3 is 5.76 Å². The molecule has 3 aromatic rings. The summed E-state index contributed by atoms with van der Waals surface area (Å²) in [4.78, 5) is 39.0. The first-order chi connectivity index (χ1) is 15.6. The summed E-state index contributed by atoms with van der Waals surface area (Å²) in [5, 5.41) is 6.47. The second-order valence-corrected chi connectivity index (χ2v) is 8.91. The summed E-state index contributed by atoms with van der Waals surface area (Å²) in [5.74, 6) is -0.885. The average molecular weight is 458 g/mol. The third kappa shape index (κ3) is 4.78. The molecule has 0 fully saturated rings. The molecular formula is C23H27N3O5S. The fourth-order valence-corrected chi connectivity index (χ4v) is 5.33. The largest absolute Gasteiger partial charge is 0.419 e. The Morgan fingerprint density at radius 2 is 2.03 bits per heavy atom. The first-order valence-electron chi connectivity index (χ1n) is 10.9. The third-order valence-corrected chi connectivity index (χ3v) is 6.81. The van der Waals surface area contributed by atoms with Crippen molar-refractivity contribution in [2.45, 2.75) is 45.1 Å². The molecule has 2 heterocycles. The average Bonchev–Trinajstić information content (AvgIpc) is 3.31. The van der Waals surface area contributed by atoms with Gasteiger partial charge in [0, 0.05) is 38.1 Å². The maximum absolute atomic E-state index is 12.9. The molecule has 0 spiro atoms. The van der Waals surface area contributed by atoms with Crippen LogP contribution in [0.4, 0.5) is 5.00 Å². The fourth-order valence-electron chi connectivity index (χ4n) is 4.03. The number of methoxy groups -OCH3 is 1. The molecule has 1 aliphatic carbocycles. The summed E-state index contributed by atoms with van der Waals surface area (Å²) in [6.45, 7) is 1.29. The number of anilines is 1. The van der Waals surface area contributed by atoms with Gasteiger partial charge in [0.2, 0.25) is 5.91 Å². The van der Waals surface area contributed by atoms with E-state index in [4.69, 9.17) is 9.15 Å². The van der Waals surface area contributed by atoms with E-state index in [-0.39, 0.29) is 24.8 Å². The Bertz CT molecular complexity index is 1180. The smallest absolute Gasteiger partial charge is 0.408 e. The number of fused-ring (bicyclic) bond motifs is 2. The summed E-state index contributed by atoms with van der Waals surface area (Å²) in [6, 6.07) is 7.13. The monoisotopic (exact) mass is 457 g/mol. The van der Waals surface area contributed by atoms with Gasteiger partial charge in [-0.2, -0.15) is 0 Å². The van der Waals surface area contributed by atoms with Crippen molar-refractivity contribution in [2.75, 3.05) is 25.6 Å². The Hall–Kier alpha value is -2.91. The van der Waals surface area contributed by atoms with Crippen LogP contribution in [-0.4, -0.2) is 36.6 Å². The van der Waals surface area contributed by atoms with E-state index < -0.39 is 5.76 Å². The van der Waals surface area contributed by atoms with Gasteiger partial charge in [0.1, 0.15) is 5.00 Å². The molecule has 0 atom stereocenters. The molecule has 8 nitrogen and oxygen atoms in total. The summed E-state index contributed by atoms with van der Waals surface area (Å²) in [5.41, 5.74) is 2.79. The summed E-state index contributed by atoms with van der Waals surface area (Å²) < 4.78 is 11.7. The van der Waals surface area contributed by atoms with Gasteiger partial charge in [0.15, 0.2) is 5.58 Å². The number of amides is 2. The Balaban J connectivity index is 1.47. The van der Waals surface area contributed by atoms with Crippen LogP contribution in [-0.2, 0) is 28.9 Å². The summed E-state index contributed by atoms with van der Waals surface area (Å²) >= 11 is 1.49. The molecule has 32 heavy (non-hydrogen) atoms. The lowest BCUT2D eigenvalue weighted by molar-refractivity contribution is -0.116. The molecule has 0 saturated heterocycles. The molecule has 9 heteroatoms. The zero-order chi connectivity index (χ0) is 22.5. The van der Waals surface area contributed by atoms with Gasteiger partial charge in [-0.3, -0.25) is 14.2 Å². The van der Waals surface area contributed by atoms with Crippen molar-refractivity contribution in [3.05, 3.63) is 50.8 Å². The van der Waals surface area contributed by atoms with Crippen LogP contribution in [0, 0.1) is 0 Å². The van der Waals surface area contributed by atoms with Crippen molar-refractivity contribution in [1.82, 2.24) is 9.88 Å². The summed E-state index contributed by atoms with van der Waals surface area (Å²) in [7, 11) is 1.63. The Morgan fingerprint density at radius 1 is 1.22 bits per heavy atom. The fraction of sp³-hybridized carbons (Fsp3) is 0.435. The number of oxazole rings is 1. The maximum atomic E-state index is 12.9. The van der Waals surface area contributed by atoms with E-state index >= 15 is 0 Å². The molecular weight excluding hydrogens is 430 g/mol. The van der Waals surface area contributed by atoms with Crippen LogP contribution < -0.4 is 16.4 Å². The second-order valence-electron chi connectivity index (χ2n) is 7.80. The molecule has 0 radical (unpaired) electrons. The van der Waals surface area contributed by atoms with Crippen LogP contribution in [0.3, 0.4) is 0 Å². The molecule has 4 rings (SSSR count). The molecule has 1 aliphatic rings. The quantitative estimate of drug-likeness (QED) is 0.480. The molecule has 2 aromatic heterocycles. The molecule has 0 saturated carbocycles. The number of aromatic nitrogens is 1. The number of carbonyl (C=O) groups excluding carboxylic acids is 2. The van der Waals surface area contributed by atoms with E-state index in [0.717, 1.165) is 37.7 Å². The molecule has 1 aromatic carbocycles. The van der Waals surface area contributed by atoms with Crippen molar-refractivity contribution in [1.29, 1.82) is 0 Å². The van der Waals surface area contributed by atoms with Crippen LogP contribution >= 0.6 is 11.3 Å². The lowest BCUT2D eigenvalue weighted by Gasteiger charge is -2.13. The van der Waals surface area contributed by atoms with Gasteiger partial charge in [-0.05, 0) is 49.8 Å². The summed E-state index contributed by atoms with van der Waals surface area (Å²) in [6.07, 6.45) is 4.73. The maximum Gasteiger partial charge on any atom is 0.419 e. The van der Waals surface area contributed by atoms with Gasteiger partial charge in [0.25, 0.3) is 5.91 Å². The number of nitrogens with one attached hydrogen (secondary N) is 2. The number of hydrogen-bond acceptors (Lipinski definition) is 6. The predicted octanol–water partition coefficient (Wildman–Crippen LogP) is 3.33.